The molecule has 2 atom stereocenters. The van der Waals surface area contributed by atoms with Crippen molar-refractivity contribution in [3.63, 3.8) is 0 Å². The third kappa shape index (κ3) is 3.85. The zero-order valence-electron chi connectivity index (χ0n) is 16.0. The van der Waals surface area contributed by atoms with E-state index in [1.165, 1.54) is 0 Å². The Labute approximate surface area is 174 Å². The monoisotopic (exact) mass is 411 g/mol. The second kappa shape index (κ2) is 7.52. The van der Waals surface area contributed by atoms with Crippen molar-refractivity contribution in [1.29, 1.82) is 0 Å². The molecule has 1 aliphatic carbocycles. The number of benzene rings is 2. The number of hydrogen-bond acceptors (Lipinski definition) is 3. The molecule has 1 saturated carbocycles. The van der Waals surface area contributed by atoms with Crippen molar-refractivity contribution < 1.29 is 14.4 Å². The lowest BCUT2D eigenvalue weighted by Gasteiger charge is -2.23. The minimum atomic E-state index is -0.896. The van der Waals surface area contributed by atoms with E-state index in [4.69, 9.17) is 11.6 Å². The van der Waals surface area contributed by atoms with Crippen LogP contribution in [0.2, 0.25) is 5.02 Å². The third-order valence-corrected chi connectivity index (χ3v) is 5.89. The number of imide groups is 1. The highest BCUT2D eigenvalue weighted by Gasteiger charge is 2.56. The van der Waals surface area contributed by atoms with Crippen LogP contribution in [0.5, 0.6) is 0 Å². The van der Waals surface area contributed by atoms with Gasteiger partial charge in [-0.1, -0.05) is 54.1 Å². The van der Waals surface area contributed by atoms with Crippen molar-refractivity contribution in [2.75, 3.05) is 6.54 Å². The van der Waals surface area contributed by atoms with Gasteiger partial charge in [0.1, 0.15) is 12.1 Å². The van der Waals surface area contributed by atoms with Crippen LogP contribution in [0.4, 0.5) is 4.79 Å². The third-order valence-electron chi connectivity index (χ3n) is 5.64. The summed E-state index contributed by atoms with van der Waals surface area (Å²) in [7, 11) is 0. The highest BCUT2D eigenvalue weighted by molar-refractivity contribution is 6.30. The van der Waals surface area contributed by atoms with Crippen molar-refractivity contribution in [2.45, 2.75) is 31.3 Å². The molecule has 1 saturated heterocycles. The fourth-order valence-electron chi connectivity index (χ4n) is 3.81. The first kappa shape index (κ1) is 19.5. The first-order valence-electron chi connectivity index (χ1n) is 9.62. The Morgan fingerprint density at radius 1 is 1.14 bits per heavy atom. The summed E-state index contributed by atoms with van der Waals surface area (Å²) in [4.78, 5) is 38.9. The van der Waals surface area contributed by atoms with Gasteiger partial charge < -0.3 is 10.6 Å². The Bertz CT molecular complexity index is 944. The molecule has 2 fully saturated rings. The molecule has 0 spiro atoms. The predicted octanol–water partition coefficient (Wildman–Crippen LogP) is 3.27. The van der Waals surface area contributed by atoms with Gasteiger partial charge in [0.05, 0.1) is 6.04 Å². The number of halogens is 1. The van der Waals surface area contributed by atoms with E-state index < -0.39 is 23.5 Å². The lowest BCUT2D eigenvalue weighted by atomic mass is 9.96. The summed E-state index contributed by atoms with van der Waals surface area (Å²) >= 11 is 5.99. The molecule has 150 valence electrons. The standard InChI is InChI=1S/C22H22ClN3O3/c1-22(16-9-10-16)20(28)26(21(29)25-22)13-18(27)24-19(14-5-3-2-4-6-14)15-7-11-17(23)12-8-15/h2-8,11-12,16,19H,9-10,13H2,1H3,(H,24,27)(H,25,29)/t19-,22+/m0/s1. The van der Waals surface area contributed by atoms with Crippen molar-refractivity contribution in [2.24, 2.45) is 5.92 Å². The van der Waals surface area contributed by atoms with Crippen LogP contribution in [0.25, 0.3) is 0 Å². The quantitative estimate of drug-likeness (QED) is 0.716. The Morgan fingerprint density at radius 2 is 1.76 bits per heavy atom. The molecule has 0 bridgehead atoms. The molecule has 2 aromatic rings. The van der Waals surface area contributed by atoms with E-state index in [9.17, 15) is 14.4 Å². The molecule has 29 heavy (non-hydrogen) atoms. The van der Waals surface area contributed by atoms with Crippen LogP contribution in [0.1, 0.15) is 36.9 Å². The highest BCUT2D eigenvalue weighted by Crippen LogP contribution is 2.42. The van der Waals surface area contributed by atoms with Gasteiger partial charge in [-0.2, -0.15) is 0 Å². The van der Waals surface area contributed by atoms with Gasteiger partial charge in [-0.3, -0.25) is 14.5 Å². The molecule has 4 rings (SSSR count). The Kier molecular flexibility index (Phi) is 5.04. The first-order chi connectivity index (χ1) is 13.9. The predicted molar refractivity (Wildman–Crippen MR) is 109 cm³/mol. The smallest absolute Gasteiger partial charge is 0.325 e. The van der Waals surface area contributed by atoms with Gasteiger partial charge in [0, 0.05) is 5.02 Å². The molecular formula is C22H22ClN3O3. The zero-order valence-corrected chi connectivity index (χ0v) is 16.8. The van der Waals surface area contributed by atoms with E-state index in [0.717, 1.165) is 28.9 Å². The second-order valence-corrected chi connectivity index (χ2v) is 8.20. The fourth-order valence-corrected chi connectivity index (χ4v) is 3.93. The highest BCUT2D eigenvalue weighted by atomic mass is 35.5. The Morgan fingerprint density at radius 3 is 2.38 bits per heavy atom. The number of amides is 4. The first-order valence-corrected chi connectivity index (χ1v) is 10.00. The van der Waals surface area contributed by atoms with Crippen molar-refractivity contribution in [1.82, 2.24) is 15.5 Å². The molecule has 0 radical (unpaired) electrons. The number of nitrogens with zero attached hydrogens (tertiary/aromatic N) is 1. The van der Waals surface area contributed by atoms with Crippen LogP contribution in [0.15, 0.2) is 54.6 Å². The lowest BCUT2D eigenvalue weighted by molar-refractivity contribution is -0.135. The maximum atomic E-state index is 12.8. The summed E-state index contributed by atoms with van der Waals surface area (Å²) in [6.07, 6.45) is 1.82. The SMILES string of the molecule is C[C@]1(C2CC2)NC(=O)N(CC(=O)N[C@@H](c2ccccc2)c2ccc(Cl)cc2)C1=O. The molecule has 0 unspecified atom stereocenters. The van der Waals surface area contributed by atoms with Gasteiger partial charge in [0.2, 0.25) is 5.91 Å². The normalized spacial score (nSPS) is 22.3. The summed E-state index contributed by atoms with van der Waals surface area (Å²) in [5, 5.41) is 6.32. The van der Waals surface area contributed by atoms with Gasteiger partial charge in [-0.05, 0) is 48.9 Å². The van der Waals surface area contributed by atoms with E-state index in [1.54, 1.807) is 19.1 Å². The van der Waals surface area contributed by atoms with Crippen LogP contribution in [-0.2, 0) is 9.59 Å². The van der Waals surface area contributed by atoms with Gasteiger partial charge >= 0.3 is 6.03 Å². The second-order valence-electron chi connectivity index (χ2n) is 7.76. The summed E-state index contributed by atoms with van der Waals surface area (Å²) < 4.78 is 0. The molecular weight excluding hydrogens is 390 g/mol. The van der Waals surface area contributed by atoms with E-state index in [0.29, 0.717) is 5.02 Å². The summed E-state index contributed by atoms with van der Waals surface area (Å²) in [6, 6.07) is 15.8. The van der Waals surface area contributed by atoms with Crippen LogP contribution in [0.3, 0.4) is 0 Å². The maximum Gasteiger partial charge on any atom is 0.325 e. The lowest BCUT2D eigenvalue weighted by Crippen LogP contribution is -2.47. The van der Waals surface area contributed by atoms with Crippen LogP contribution in [-0.4, -0.2) is 34.8 Å². The minimum absolute atomic E-state index is 0.151. The Balaban J connectivity index is 1.52. The fraction of sp³-hybridized carbons (Fsp3) is 0.318. The molecule has 2 N–H and O–H groups in total. The number of hydrogen-bond donors (Lipinski definition) is 2. The zero-order chi connectivity index (χ0) is 20.6. The van der Waals surface area contributed by atoms with Gasteiger partial charge in [0.15, 0.2) is 0 Å². The van der Waals surface area contributed by atoms with Crippen LogP contribution < -0.4 is 10.6 Å². The van der Waals surface area contributed by atoms with Gasteiger partial charge in [-0.25, -0.2) is 4.79 Å². The van der Waals surface area contributed by atoms with Crippen molar-refractivity contribution in [3.8, 4) is 0 Å². The van der Waals surface area contributed by atoms with Crippen molar-refractivity contribution >= 4 is 29.4 Å². The minimum Gasteiger partial charge on any atom is -0.344 e. The molecule has 0 aromatic heterocycles. The molecule has 7 heteroatoms. The average Bonchev–Trinajstić information content (AvgIpc) is 3.54. The molecule has 2 aliphatic rings. The van der Waals surface area contributed by atoms with Gasteiger partial charge in [0.25, 0.3) is 5.91 Å². The number of nitrogens with one attached hydrogen (secondary N) is 2. The summed E-state index contributed by atoms with van der Waals surface area (Å²) in [6.45, 7) is 1.42. The maximum absolute atomic E-state index is 12.8. The topological polar surface area (TPSA) is 78.5 Å². The van der Waals surface area contributed by atoms with Crippen LogP contribution >= 0.6 is 11.6 Å². The van der Waals surface area contributed by atoms with E-state index in [1.807, 2.05) is 42.5 Å². The van der Waals surface area contributed by atoms with Gasteiger partial charge in [-0.15, -0.1) is 0 Å². The van der Waals surface area contributed by atoms with E-state index >= 15 is 0 Å². The molecule has 1 aliphatic heterocycles. The number of rotatable bonds is 6. The van der Waals surface area contributed by atoms with E-state index in [2.05, 4.69) is 10.6 Å². The molecule has 6 nitrogen and oxygen atoms in total. The summed E-state index contributed by atoms with van der Waals surface area (Å²) in [5.74, 6) is -0.585. The Hall–Kier alpha value is -2.86. The van der Waals surface area contributed by atoms with Crippen molar-refractivity contribution in [3.05, 3.63) is 70.7 Å². The van der Waals surface area contributed by atoms with E-state index in [-0.39, 0.29) is 18.4 Å². The molecule has 2 aromatic carbocycles. The largest absolute Gasteiger partial charge is 0.344 e. The number of urea groups is 1. The number of carbonyl (C=O) groups excluding carboxylic acids is 3. The summed E-state index contributed by atoms with van der Waals surface area (Å²) in [5.41, 5.74) is 0.851. The molecule has 4 amide bonds. The van der Waals surface area contributed by atoms with Crippen LogP contribution in [0, 0.1) is 5.92 Å². The average molecular weight is 412 g/mol. The number of carbonyl (C=O) groups is 3. The molecule has 1 heterocycles.